The summed E-state index contributed by atoms with van der Waals surface area (Å²) in [6, 6.07) is 21.3. The first-order valence-electron chi connectivity index (χ1n) is 12.8. The molecule has 1 atom stereocenters. The van der Waals surface area contributed by atoms with Crippen LogP contribution in [-0.4, -0.2) is 31.8 Å². The zero-order valence-electron chi connectivity index (χ0n) is 22.9. The van der Waals surface area contributed by atoms with Crippen molar-refractivity contribution >= 4 is 41.0 Å². The normalized spacial score (nSPS) is 11.9. The second-order valence-corrected chi connectivity index (χ2v) is 10.6. The number of hydrogen-bond acceptors (Lipinski definition) is 5. The van der Waals surface area contributed by atoms with Crippen LogP contribution in [0.5, 0.6) is 0 Å². The van der Waals surface area contributed by atoms with Gasteiger partial charge in [-0.2, -0.15) is 0 Å². The van der Waals surface area contributed by atoms with Crippen LogP contribution in [0.1, 0.15) is 35.6 Å². The Morgan fingerprint density at radius 3 is 2.26 bits per heavy atom. The van der Waals surface area contributed by atoms with E-state index in [-0.39, 0.29) is 17.1 Å². The molecule has 7 nitrogen and oxygen atoms in total. The number of anilines is 2. The third-order valence-electron chi connectivity index (χ3n) is 6.31. The molecule has 0 saturated heterocycles. The van der Waals surface area contributed by atoms with Crippen LogP contribution in [0.2, 0.25) is 0 Å². The third-order valence-corrected chi connectivity index (χ3v) is 7.71. The number of thioether (sulfide) groups is 1. The van der Waals surface area contributed by atoms with Crippen molar-refractivity contribution in [2.24, 2.45) is 7.05 Å². The van der Waals surface area contributed by atoms with Crippen molar-refractivity contribution in [3.8, 4) is 11.4 Å². The standard InChI is InChI=1S/C31H33N5O2S/c1-6-26(30(38)33-28-21(3)18-20(2)19-22(28)4)39-31-35-34-29(36(31)5)24-13-15-25(16-14-24)32-27(37)17-12-23-10-8-7-9-11-23/h7-19,26H,6H2,1-5H3,(H,32,37)(H,33,38). The fourth-order valence-corrected chi connectivity index (χ4v) is 5.24. The van der Waals surface area contributed by atoms with Gasteiger partial charge >= 0.3 is 0 Å². The summed E-state index contributed by atoms with van der Waals surface area (Å²) in [4.78, 5) is 25.4. The molecule has 4 aromatic rings. The maximum Gasteiger partial charge on any atom is 0.248 e. The van der Waals surface area contributed by atoms with Gasteiger partial charge in [0, 0.05) is 30.1 Å². The van der Waals surface area contributed by atoms with Gasteiger partial charge in [-0.25, -0.2) is 0 Å². The molecule has 0 bridgehead atoms. The largest absolute Gasteiger partial charge is 0.325 e. The van der Waals surface area contributed by atoms with Gasteiger partial charge < -0.3 is 15.2 Å². The van der Waals surface area contributed by atoms with Crippen LogP contribution in [0.15, 0.2) is 78.0 Å². The molecule has 0 aliphatic heterocycles. The number of nitrogens with one attached hydrogen (secondary N) is 2. The molecule has 200 valence electrons. The molecular formula is C31H33N5O2S. The van der Waals surface area contributed by atoms with E-state index in [1.165, 1.54) is 23.4 Å². The van der Waals surface area contributed by atoms with E-state index in [0.717, 1.165) is 27.9 Å². The summed E-state index contributed by atoms with van der Waals surface area (Å²) in [6.45, 7) is 8.06. The fraction of sp³-hybridized carbons (Fsp3) is 0.226. The first kappa shape index (κ1) is 27.9. The number of carbonyl (C=O) groups is 2. The van der Waals surface area contributed by atoms with E-state index < -0.39 is 0 Å². The average molecular weight is 540 g/mol. The smallest absolute Gasteiger partial charge is 0.248 e. The van der Waals surface area contributed by atoms with E-state index in [1.54, 1.807) is 6.08 Å². The Hall–Kier alpha value is -4.17. The number of aryl methyl sites for hydroxylation is 3. The van der Waals surface area contributed by atoms with Crippen molar-refractivity contribution in [1.82, 2.24) is 14.8 Å². The lowest BCUT2D eigenvalue weighted by atomic mass is 10.0. The average Bonchev–Trinajstić information content (AvgIpc) is 3.28. The lowest BCUT2D eigenvalue weighted by molar-refractivity contribution is -0.115. The van der Waals surface area contributed by atoms with Crippen LogP contribution in [-0.2, 0) is 16.6 Å². The molecule has 0 aliphatic carbocycles. The first-order chi connectivity index (χ1) is 18.7. The predicted octanol–water partition coefficient (Wildman–Crippen LogP) is 6.57. The second-order valence-electron chi connectivity index (χ2n) is 9.45. The topological polar surface area (TPSA) is 88.9 Å². The van der Waals surface area contributed by atoms with Gasteiger partial charge in [0.25, 0.3) is 0 Å². The first-order valence-corrected chi connectivity index (χ1v) is 13.7. The quantitative estimate of drug-likeness (QED) is 0.186. The van der Waals surface area contributed by atoms with E-state index in [1.807, 2.05) is 87.0 Å². The minimum absolute atomic E-state index is 0.0523. The second kappa shape index (κ2) is 12.6. The Morgan fingerprint density at radius 1 is 0.949 bits per heavy atom. The Labute approximate surface area is 233 Å². The summed E-state index contributed by atoms with van der Waals surface area (Å²) in [5.74, 6) is 0.423. The van der Waals surface area contributed by atoms with Crippen LogP contribution >= 0.6 is 11.8 Å². The van der Waals surface area contributed by atoms with E-state index in [9.17, 15) is 9.59 Å². The molecule has 0 aliphatic rings. The highest BCUT2D eigenvalue weighted by molar-refractivity contribution is 8.00. The van der Waals surface area contributed by atoms with E-state index in [2.05, 4.69) is 39.9 Å². The molecule has 8 heteroatoms. The maximum atomic E-state index is 13.1. The van der Waals surface area contributed by atoms with Gasteiger partial charge in [-0.3, -0.25) is 9.59 Å². The van der Waals surface area contributed by atoms with Gasteiger partial charge in [-0.1, -0.05) is 66.7 Å². The van der Waals surface area contributed by atoms with Gasteiger partial charge in [0.05, 0.1) is 5.25 Å². The van der Waals surface area contributed by atoms with Crippen molar-refractivity contribution < 1.29 is 9.59 Å². The van der Waals surface area contributed by atoms with Gasteiger partial charge in [-0.15, -0.1) is 10.2 Å². The van der Waals surface area contributed by atoms with Crippen LogP contribution in [0.3, 0.4) is 0 Å². The maximum absolute atomic E-state index is 13.1. The summed E-state index contributed by atoms with van der Waals surface area (Å²) in [7, 11) is 1.89. The molecule has 0 radical (unpaired) electrons. The van der Waals surface area contributed by atoms with Crippen molar-refractivity contribution in [2.75, 3.05) is 10.6 Å². The van der Waals surface area contributed by atoms with Gasteiger partial charge in [0.1, 0.15) is 0 Å². The number of aromatic nitrogens is 3. The summed E-state index contributed by atoms with van der Waals surface area (Å²) in [6.07, 6.45) is 3.93. The molecular weight excluding hydrogens is 506 g/mol. The fourth-order valence-electron chi connectivity index (χ4n) is 4.32. The molecule has 1 heterocycles. The monoisotopic (exact) mass is 539 g/mol. The highest BCUT2D eigenvalue weighted by Gasteiger charge is 2.23. The number of amides is 2. The molecule has 1 aromatic heterocycles. The molecule has 0 fully saturated rings. The van der Waals surface area contributed by atoms with Crippen LogP contribution < -0.4 is 10.6 Å². The number of nitrogens with zero attached hydrogens (tertiary/aromatic N) is 3. The highest BCUT2D eigenvalue weighted by Crippen LogP contribution is 2.30. The van der Waals surface area contributed by atoms with Crippen LogP contribution in [0.25, 0.3) is 17.5 Å². The molecule has 4 rings (SSSR count). The Morgan fingerprint density at radius 2 is 1.62 bits per heavy atom. The van der Waals surface area contributed by atoms with E-state index in [4.69, 9.17) is 0 Å². The van der Waals surface area contributed by atoms with Crippen molar-refractivity contribution in [2.45, 2.75) is 44.5 Å². The molecule has 2 amide bonds. The van der Waals surface area contributed by atoms with Gasteiger partial charge in [-0.05, 0) is 74.2 Å². The zero-order chi connectivity index (χ0) is 27.9. The zero-order valence-corrected chi connectivity index (χ0v) is 23.7. The lowest BCUT2D eigenvalue weighted by Gasteiger charge is -2.17. The summed E-state index contributed by atoms with van der Waals surface area (Å²) >= 11 is 1.40. The molecule has 3 aromatic carbocycles. The van der Waals surface area contributed by atoms with Crippen LogP contribution in [0.4, 0.5) is 11.4 Å². The number of carbonyl (C=O) groups excluding carboxylic acids is 2. The molecule has 39 heavy (non-hydrogen) atoms. The van der Waals surface area contributed by atoms with Gasteiger partial charge in [0.2, 0.25) is 11.8 Å². The molecule has 0 saturated carbocycles. The summed E-state index contributed by atoms with van der Waals surface area (Å²) in [5, 5.41) is 15.1. The SMILES string of the molecule is CCC(Sc1nnc(-c2ccc(NC(=O)C=Cc3ccccc3)cc2)n1C)C(=O)Nc1c(C)cc(C)cc1C. The minimum atomic E-state index is -0.317. The van der Waals surface area contributed by atoms with E-state index >= 15 is 0 Å². The van der Waals surface area contributed by atoms with Crippen molar-refractivity contribution in [1.29, 1.82) is 0 Å². The number of rotatable bonds is 9. The lowest BCUT2D eigenvalue weighted by Crippen LogP contribution is -2.25. The van der Waals surface area contributed by atoms with Crippen molar-refractivity contribution in [3.05, 3.63) is 95.1 Å². The Balaban J connectivity index is 1.41. The van der Waals surface area contributed by atoms with E-state index in [0.29, 0.717) is 23.1 Å². The third kappa shape index (κ3) is 7.03. The number of hydrogen-bond donors (Lipinski definition) is 2. The van der Waals surface area contributed by atoms with Crippen LogP contribution in [0, 0.1) is 20.8 Å². The Kier molecular flexibility index (Phi) is 8.99. The highest BCUT2D eigenvalue weighted by atomic mass is 32.2. The summed E-state index contributed by atoms with van der Waals surface area (Å²) in [5.41, 5.74) is 6.64. The Bertz CT molecular complexity index is 1470. The minimum Gasteiger partial charge on any atom is -0.325 e. The van der Waals surface area contributed by atoms with Crippen molar-refractivity contribution in [3.63, 3.8) is 0 Å². The predicted molar refractivity (Wildman–Crippen MR) is 160 cm³/mol. The number of benzene rings is 3. The molecule has 0 spiro atoms. The molecule has 2 N–H and O–H groups in total. The summed E-state index contributed by atoms with van der Waals surface area (Å²) < 4.78 is 1.89. The van der Waals surface area contributed by atoms with Gasteiger partial charge in [0.15, 0.2) is 11.0 Å². The molecule has 1 unspecified atom stereocenters.